The van der Waals surface area contributed by atoms with Crippen LogP contribution in [-0.4, -0.2) is 50.0 Å². The number of nitrogens with zero attached hydrogens (tertiary/aromatic N) is 2. The Labute approximate surface area is 244 Å². The molecule has 1 aliphatic rings. The van der Waals surface area contributed by atoms with Crippen molar-refractivity contribution in [3.8, 4) is 0 Å². The van der Waals surface area contributed by atoms with Gasteiger partial charge in [0, 0.05) is 19.0 Å². The van der Waals surface area contributed by atoms with Crippen LogP contribution in [0.5, 0.6) is 0 Å². The third kappa shape index (κ3) is 8.43. The van der Waals surface area contributed by atoms with Crippen molar-refractivity contribution in [2.24, 2.45) is 0 Å². The molecule has 0 saturated heterocycles. The van der Waals surface area contributed by atoms with Gasteiger partial charge in [-0.3, -0.25) is 13.9 Å². The first kappa shape index (κ1) is 30.3. The van der Waals surface area contributed by atoms with Gasteiger partial charge in [0.2, 0.25) is 21.8 Å². The molecule has 0 bridgehead atoms. The quantitative estimate of drug-likeness (QED) is 0.342. The molecule has 41 heavy (non-hydrogen) atoms. The molecule has 0 heterocycles. The van der Waals surface area contributed by atoms with Crippen LogP contribution in [0.15, 0.2) is 78.9 Å². The second kappa shape index (κ2) is 13.8. The Kier molecular flexibility index (Phi) is 10.2. The zero-order valence-corrected chi connectivity index (χ0v) is 25.1. The second-order valence-electron chi connectivity index (χ2n) is 11.1. The van der Waals surface area contributed by atoms with E-state index in [2.05, 4.69) is 5.32 Å². The van der Waals surface area contributed by atoms with Crippen LogP contribution >= 0.6 is 0 Å². The molecule has 1 fully saturated rings. The van der Waals surface area contributed by atoms with Crippen molar-refractivity contribution in [2.45, 2.75) is 71.0 Å². The van der Waals surface area contributed by atoms with Crippen molar-refractivity contribution in [1.29, 1.82) is 0 Å². The lowest BCUT2D eigenvalue weighted by atomic mass is 9.94. The van der Waals surface area contributed by atoms with E-state index in [1.165, 1.54) is 0 Å². The predicted octanol–water partition coefficient (Wildman–Crippen LogP) is 5.16. The van der Waals surface area contributed by atoms with Gasteiger partial charge in [-0.25, -0.2) is 8.42 Å². The number of carbonyl (C=O) groups excluding carboxylic acids is 2. The van der Waals surface area contributed by atoms with Crippen LogP contribution in [0.25, 0.3) is 0 Å². The Balaban J connectivity index is 1.72. The molecule has 0 unspecified atom stereocenters. The van der Waals surface area contributed by atoms with Crippen LogP contribution in [0.1, 0.15) is 54.4 Å². The number of sulfonamides is 1. The Morgan fingerprint density at radius 3 is 2.15 bits per heavy atom. The minimum absolute atomic E-state index is 0.0741. The highest BCUT2D eigenvalue weighted by Crippen LogP contribution is 2.23. The third-order valence-electron chi connectivity index (χ3n) is 7.83. The second-order valence-corrected chi connectivity index (χ2v) is 13.0. The lowest BCUT2D eigenvalue weighted by molar-refractivity contribution is -0.140. The molecule has 1 aliphatic carbocycles. The van der Waals surface area contributed by atoms with Gasteiger partial charge in [-0.05, 0) is 55.5 Å². The minimum Gasteiger partial charge on any atom is -0.352 e. The summed E-state index contributed by atoms with van der Waals surface area (Å²) in [6.45, 7) is 3.67. The standard InChI is InChI=1S/C33H41N3O4S/c1-25-18-20-30(21-19-25)36(41(3,39)40)24-32(37)35(23-28-15-11-10-12-26(28)2)31(22-27-13-6-4-7-14-27)33(38)34-29-16-8-5-9-17-29/h4,6-7,10-15,18-21,29,31H,5,8-9,16-17,22-24H2,1-3H3,(H,34,38)/t31-/m1/s1. The van der Waals surface area contributed by atoms with E-state index >= 15 is 0 Å². The number of amides is 2. The summed E-state index contributed by atoms with van der Waals surface area (Å²) < 4.78 is 27.0. The van der Waals surface area contributed by atoms with Crippen LogP contribution in [0.3, 0.4) is 0 Å². The van der Waals surface area contributed by atoms with Crippen molar-refractivity contribution >= 4 is 27.5 Å². The maximum Gasteiger partial charge on any atom is 0.244 e. The summed E-state index contributed by atoms with van der Waals surface area (Å²) in [6, 6.07) is 23.7. The molecule has 0 aliphatic heterocycles. The van der Waals surface area contributed by atoms with Gasteiger partial charge >= 0.3 is 0 Å². The Bertz CT molecular complexity index is 1420. The van der Waals surface area contributed by atoms with E-state index in [0.29, 0.717) is 12.1 Å². The highest BCUT2D eigenvalue weighted by molar-refractivity contribution is 7.92. The molecule has 3 aromatic carbocycles. The average molecular weight is 576 g/mol. The molecule has 0 spiro atoms. The maximum absolute atomic E-state index is 14.2. The van der Waals surface area contributed by atoms with Gasteiger partial charge in [0.25, 0.3) is 0 Å². The summed E-state index contributed by atoms with van der Waals surface area (Å²) in [5, 5.41) is 3.23. The van der Waals surface area contributed by atoms with E-state index in [0.717, 1.165) is 64.9 Å². The Hall–Kier alpha value is -3.65. The molecular formula is C33H41N3O4S. The number of carbonyl (C=O) groups is 2. The minimum atomic E-state index is -3.78. The van der Waals surface area contributed by atoms with Crippen LogP contribution in [0.4, 0.5) is 5.69 Å². The molecule has 0 aromatic heterocycles. The molecule has 2 amide bonds. The number of rotatable bonds is 11. The van der Waals surface area contributed by atoms with Gasteiger partial charge < -0.3 is 10.2 Å². The smallest absolute Gasteiger partial charge is 0.244 e. The van der Waals surface area contributed by atoms with E-state index in [4.69, 9.17) is 0 Å². The molecule has 7 nitrogen and oxygen atoms in total. The van der Waals surface area contributed by atoms with Gasteiger partial charge in [-0.15, -0.1) is 0 Å². The summed E-state index contributed by atoms with van der Waals surface area (Å²) in [6.07, 6.45) is 6.57. The van der Waals surface area contributed by atoms with Crippen molar-refractivity contribution < 1.29 is 18.0 Å². The van der Waals surface area contributed by atoms with Crippen LogP contribution in [0.2, 0.25) is 0 Å². The van der Waals surface area contributed by atoms with E-state index in [9.17, 15) is 18.0 Å². The third-order valence-corrected chi connectivity index (χ3v) is 8.97. The fourth-order valence-electron chi connectivity index (χ4n) is 5.39. The number of nitrogens with one attached hydrogen (secondary N) is 1. The van der Waals surface area contributed by atoms with Crippen molar-refractivity contribution in [1.82, 2.24) is 10.2 Å². The molecule has 1 N–H and O–H groups in total. The van der Waals surface area contributed by atoms with Gasteiger partial charge in [0.1, 0.15) is 12.6 Å². The van der Waals surface area contributed by atoms with Crippen molar-refractivity contribution in [2.75, 3.05) is 17.1 Å². The number of benzene rings is 3. The normalized spacial score (nSPS) is 14.7. The SMILES string of the molecule is Cc1ccc(N(CC(=O)N(Cc2ccccc2C)[C@H](Cc2ccccc2)C(=O)NC2CCCCC2)S(C)(=O)=O)cc1. The highest BCUT2D eigenvalue weighted by atomic mass is 32.2. The predicted molar refractivity (Wildman–Crippen MR) is 164 cm³/mol. The van der Waals surface area contributed by atoms with Gasteiger partial charge in [0.05, 0.1) is 11.9 Å². The van der Waals surface area contributed by atoms with E-state index in [1.54, 1.807) is 17.0 Å². The molecular weight excluding hydrogens is 534 g/mol. The lowest BCUT2D eigenvalue weighted by Gasteiger charge is -2.35. The van der Waals surface area contributed by atoms with Crippen molar-refractivity contribution in [3.05, 3.63) is 101 Å². The van der Waals surface area contributed by atoms with Gasteiger partial charge in [0.15, 0.2) is 0 Å². The summed E-state index contributed by atoms with van der Waals surface area (Å²) in [5.74, 6) is -0.636. The number of hydrogen-bond acceptors (Lipinski definition) is 4. The highest BCUT2D eigenvalue weighted by Gasteiger charge is 2.34. The Morgan fingerprint density at radius 2 is 1.51 bits per heavy atom. The maximum atomic E-state index is 14.2. The molecule has 3 aromatic rings. The fraction of sp³-hybridized carbons (Fsp3) is 0.394. The van der Waals surface area contributed by atoms with Gasteiger partial charge in [-0.1, -0.05) is 91.6 Å². The van der Waals surface area contributed by atoms with Crippen LogP contribution in [-0.2, 0) is 32.6 Å². The zero-order valence-electron chi connectivity index (χ0n) is 24.3. The summed E-state index contributed by atoms with van der Waals surface area (Å²) in [5.41, 5.74) is 4.23. The largest absolute Gasteiger partial charge is 0.352 e. The lowest BCUT2D eigenvalue weighted by Crippen LogP contribution is -2.55. The summed E-state index contributed by atoms with van der Waals surface area (Å²) in [4.78, 5) is 29.8. The zero-order chi connectivity index (χ0) is 29.4. The monoisotopic (exact) mass is 575 g/mol. The molecule has 8 heteroatoms. The van der Waals surface area contributed by atoms with E-state index < -0.39 is 28.5 Å². The number of hydrogen-bond donors (Lipinski definition) is 1. The first-order valence-electron chi connectivity index (χ1n) is 14.3. The molecule has 0 radical (unpaired) electrons. The number of anilines is 1. The van der Waals surface area contributed by atoms with Crippen molar-refractivity contribution in [3.63, 3.8) is 0 Å². The first-order chi connectivity index (χ1) is 19.6. The molecule has 1 atom stereocenters. The molecule has 218 valence electrons. The average Bonchev–Trinajstić information content (AvgIpc) is 2.95. The fourth-order valence-corrected chi connectivity index (χ4v) is 6.24. The van der Waals surface area contributed by atoms with Crippen LogP contribution in [0, 0.1) is 13.8 Å². The Morgan fingerprint density at radius 1 is 0.878 bits per heavy atom. The summed E-state index contributed by atoms with van der Waals surface area (Å²) >= 11 is 0. The first-order valence-corrected chi connectivity index (χ1v) is 16.2. The van der Waals surface area contributed by atoms with Crippen LogP contribution < -0.4 is 9.62 Å². The van der Waals surface area contributed by atoms with E-state index in [1.807, 2.05) is 80.6 Å². The number of aryl methyl sites for hydroxylation is 2. The summed E-state index contributed by atoms with van der Waals surface area (Å²) in [7, 11) is -3.78. The topological polar surface area (TPSA) is 86.8 Å². The molecule has 4 rings (SSSR count). The van der Waals surface area contributed by atoms with Gasteiger partial charge in [-0.2, -0.15) is 0 Å². The molecule has 1 saturated carbocycles. The van der Waals surface area contributed by atoms with E-state index in [-0.39, 0.29) is 18.5 Å².